The van der Waals surface area contributed by atoms with Gasteiger partial charge < -0.3 is 24.8 Å². The Labute approximate surface area is 63.2 Å². The fourth-order valence-electron chi connectivity index (χ4n) is 1.48. The number of aliphatic hydroxyl groups is 3. The fraction of sp³-hybridized carbons (Fsp3) is 1.00. The Hall–Kier alpha value is -0.200. The molecule has 2 heterocycles. The Bertz CT molecular complexity index is 161. The Balaban J connectivity index is 2.12. The smallest absolute Gasteiger partial charge is 0.184 e. The molecule has 0 spiro atoms. The number of aliphatic hydroxyl groups excluding tert-OH is 3. The van der Waals surface area contributed by atoms with E-state index in [1.807, 2.05) is 0 Å². The van der Waals surface area contributed by atoms with Gasteiger partial charge in [-0.05, 0) is 0 Å². The normalized spacial score (nSPS) is 56.5. The third kappa shape index (κ3) is 0.969. The summed E-state index contributed by atoms with van der Waals surface area (Å²) in [7, 11) is 0. The van der Waals surface area contributed by atoms with Crippen LogP contribution in [0.1, 0.15) is 0 Å². The maximum atomic E-state index is 9.17. The lowest BCUT2D eigenvalue weighted by Gasteiger charge is -2.10. The van der Waals surface area contributed by atoms with Gasteiger partial charge in [-0.25, -0.2) is 0 Å². The van der Waals surface area contributed by atoms with Gasteiger partial charge in [0.15, 0.2) is 6.29 Å². The van der Waals surface area contributed by atoms with Crippen LogP contribution in [0.25, 0.3) is 0 Å². The number of hydrogen-bond donors (Lipinski definition) is 3. The molecule has 0 aromatic heterocycles. The van der Waals surface area contributed by atoms with Crippen molar-refractivity contribution in [3.63, 3.8) is 0 Å². The van der Waals surface area contributed by atoms with Crippen molar-refractivity contribution >= 4 is 0 Å². The first kappa shape index (κ1) is 7.45. The number of ether oxygens (including phenoxy) is 2. The van der Waals surface area contributed by atoms with Gasteiger partial charge in [0, 0.05) is 0 Å². The molecule has 0 aromatic carbocycles. The predicted octanol–water partition coefficient (Wildman–Crippen LogP) is -2.18. The molecular weight excluding hydrogens is 152 g/mol. The lowest BCUT2D eigenvalue weighted by atomic mass is 10.1. The van der Waals surface area contributed by atoms with Crippen LogP contribution in [0.5, 0.6) is 0 Å². The standard InChI is InChI=1S/C6H10O5/c7-2-1-10-5-3(8)6(9)11-4(2)5/h2-9H,1H2/t2-,3-,4+,5-,6+/m0/s1. The van der Waals surface area contributed by atoms with Crippen molar-refractivity contribution in [2.24, 2.45) is 0 Å². The van der Waals surface area contributed by atoms with Crippen LogP contribution in [-0.4, -0.2) is 52.6 Å². The third-order valence-corrected chi connectivity index (χ3v) is 2.09. The SMILES string of the molecule is O[C@H]1[C@@H]2OC[C@H](O)[C@H]2O[C@H]1O. The minimum atomic E-state index is -1.22. The molecule has 0 amide bonds. The van der Waals surface area contributed by atoms with Gasteiger partial charge in [-0.2, -0.15) is 0 Å². The molecular formula is C6H10O5. The summed E-state index contributed by atoms with van der Waals surface area (Å²) >= 11 is 0. The van der Waals surface area contributed by atoms with Crippen molar-refractivity contribution in [1.29, 1.82) is 0 Å². The first-order chi connectivity index (χ1) is 5.20. The Morgan fingerprint density at radius 3 is 2.45 bits per heavy atom. The molecule has 0 saturated carbocycles. The van der Waals surface area contributed by atoms with E-state index in [0.29, 0.717) is 0 Å². The molecule has 0 aromatic rings. The molecule has 5 nitrogen and oxygen atoms in total. The van der Waals surface area contributed by atoms with Crippen LogP contribution in [0.4, 0.5) is 0 Å². The molecule has 5 atom stereocenters. The van der Waals surface area contributed by atoms with Crippen molar-refractivity contribution < 1.29 is 24.8 Å². The molecule has 0 radical (unpaired) electrons. The molecule has 0 aliphatic carbocycles. The van der Waals surface area contributed by atoms with Crippen LogP contribution < -0.4 is 0 Å². The summed E-state index contributed by atoms with van der Waals surface area (Å²) in [5, 5.41) is 27.3. The largest absolute Gasteiger partial charge is 0.388 e. The lowest BCUT2D eigenvalue weighted by Crippen LogP contribution is -2.32. The van der Waals surface area contributed by atoms with Crippen LogP contribution in [-0.2, 0) is 9.47 Å². The Kier molecular flexibility index (Phi) is 1.62. The third-order valence-electron chi connectivity index (χ3n) is 2.09. The first-order valence-electron chi connectivity index (χ1n) is 3.51. The topological polar surface area (TPSA) is 79.2 Å². The van der Waals surface area contributed by atoms with Crippen molar-refractivity contribution in [2.45, 2.75) is 30.7 Å². The summed E-state index contributed by atoms with van der Waals surface area (Å²) < 4.78 is 9.83. The highest BCUT2D eigenvalue weighted by Gasteiger charge is 2.51. The molecule has 0 bridgehead atoms. The maximum Gasteiger partial charge on any atom is 0.184 e. The molecule has 2 aliphatic rings. The van der Waals surface area contributed by atoms with Gasteiger partial charge in [-0.15, -0.1) is 0 Å². The summed E-state index contributed by atoms with van der Waals surface area (Å²) in [6.07, 6.45) is -4.12. The summed E-state index contributed by atoms with van der Waals surface area (Å²) in [5.74, 6) is 0. The molecule has 0 unspecified atom stereocenters. The van der Waals surface area contributed by atoms with Crippen LogP contribution in [0.15, 0.2) is 0 Å². The monoisotopic (exact) mass is 162 g/mol. The van der Waals surface area contributed by atoms with Gasteiger partial charge in [0.2, 0.25) is 0 Å². The first-order valence-corrected chi connectivity index (χ1v) is 3.51. The molecule has 2 fully saturated rings. The van der Waals surface area contributed by atoms with Gasteiger partial charge in [0.05, 0.1) is 6.61 Å². The molecule has 3 N–H and O–H groups in total. The van der Waals surface area contributed by atoms with Gasteiger partial charge >= 0.3 is 0 Å². The van der Waals surface area contributed by atoms with Gasteiger partial charge in [0.1, 0.15) is 24.4 Å². The average molecular weight is 162 g/mol. The number of fused-ring (bicyclic) bond motifs is 1. The van der Waals surface area contributed by atoms with E-state index in [0.717, 1.165) is 0 Å². The van der Waals surface area contributed by atoms with E-state index in [-0.39, 0.29) is 6.61 Å². The maximum absolute atomic E-state index is 9.17. The minimum Gasteiger partial charge on any atom is -0.388 e. The van der Waals surface area contributed by atoms with Gasteiger partial charge in [0.25, 0.3) is 0 Å². The highest BCUT2D eigenvalue weighted by Crippen LogP contribution is 2.29. The van der Waals surface area contributed by atoms with Crippen molar-refractivity contribution in [1.82, 2.24) is 0 Å². The van der Waals surface area contributed by atoms with Crippen molar-refractivity contribution in [3.05, 3.63) is 0 Å². The van der Waals surface area contributed by atoms with Crippen LogP contribution >= 0.6 is 0 Å². The van der Waals surface area contributed by atoms with E-state index in [4.69, 9.17) is 19.7 Å². The molecule has 5 heteroatoms. The molecule has 64 valence electrons. The quantitative estimate of drug-likeness (QED) is 0.377. The highest BCUT2D eigenvalue weighted by atomic mass is 16.7. The molecule has 2 rings (SSSR count). The summed E-state index contributed by atoms with van der Waals surface area (Å²) in [5.41, 5.74) is 0. The van der Waals surface area contributed by atoms with E-state index >= 15 is 0 Å². The van der Waals surface area contributed by atoms with E-state index in [9.17, 15) is 5.11 Å². The van der Waals surface area contributed by atoms with Crippen LogP contribution in [0, 0.1) is 0 Å². The second-order valence-corrected chi connectivity index (χ2v) is 2.85. The number of hydrogen-bond acceptors (Lipinski definition) is 5. The highest BCUT2D eigenvalue weighted by molar-refractivity contribution is 4.95. The van der Waals surface area contributed by atoms with Crippen molar-refractivity contribution in [3.8, 4) is 0 Å². The van der Waals surface area contributed by atoms with Gasteiger partial charge in [-0.1, -0.05) is 0 Å². The average Bonchev–Trinajstić information content (AvgIpc) is 2.43. The predicted molar refractivity (Wildman–Crippen MR) is 32.6 cm³/mol. The molecule has 2 aliphatic heterocycles. The van der Waals surface area contributed by atoms with E-state index in [1.165, 1.54) is 0 Å². The second kappa shape index (κ2) is 2.40. The minimum absolute atomic E-state index is 0.166. The van der Waals surface area contributed by atoms with E-state index < -0.39 is 30.7 Å². The van der Waals surface area contributed by atoms with Gasteiger partial charge in [-0.3, -0.25) is 0 Å². The van der Waals surface area contributed by atoms with E-state index in [2.05, 4.69) is 0 Å². The fourth-order valence-corrected chi connectivity index (χ4v) is 1.48. The molecule has 11 heavy (non-hydrogen) atoms. The Morgan fingerprint density at radius 2 is 1.82 bits per heavy atom. The zero-order valence-electron chi connectivity index (χ0n) is 5.75. The second-order valence-electron chi connectivity index (χ2n) is 2.85. The zero-order valence-corrected chi connectivity index (χ0v) is 5.75. The summed E-state index contributed by atoms with van der Waals surface area (Å²) in [6.45, 7) is 0.166. The van der Waals surface area contributed by atoms with Crippen molar-refractivity contribution in [2.75, 3.05) is 6.61 Å². The number of rotatable bonds is 0. The van der Waals surface area contributed by atoms with Crippen LogP contribution in [0.3, 0.4) is 0 Å². The molecule has 2 saturated heterocycles. The zero-order chi connectivity index (χ0) is 8.01. The summed E-state index contributed by atoms with van der Waals surface area (Å²) in [6, 6.07) is 0. The summed E-state index contributed by atoms with van der Waals surface area (Å²) in [4.78, 5) is 0. The Morgan fingerprint density at radius 1 is 1.09 bits per heavy atom. The van der Waals surface area contributed by atoms with E-state index in [1.54, 1.807) is 0 Å². The van der Waals surface area contributed by atoms with Crippen LogP contribution in [0.2, 0.25) is 0 Å². The lowest BCUT2D eigenvalue weighted by molar-refractivity contribution is -0.149.